The van der Waals surface area contributed by atoms with E-state index in [-0.39, 0.29) is 0 Å². The van der Waals surface area contributed by atoms with Crippen molar-refractivity contribution in [3.05, 3.63) is 40.7 Å². The molecule has 106 valence electrons. The second kappa shape index (κ2) is 6.09. The highest BCUT2D eigenvalue weighted by molar-refractivity contribution is 6.30. The first-order valence-corrected chi connectivity index (χ1v) is 6.97. The molecule has 2 N–H and O–H groups in total. The van der Waals surface area contributed by atoms with E-state index in [0.717, 1.165) is 28.7 Å². The SMILES string of the molecule is Cc1nc(Nc2cc(Cl)ccc2C)cc(NC(C)C)n1. The summed E-state index contributed by atoms with van der Waals surface area (Å²) in [6.45, 7) is 8.05. The van der Waals surface area contributed by atoms with Gasteiger partial charge in [-0.3, -0.25) is 0 Å². The Kier molecular flexibility index (Phi) is 4.45. The lowest BCUT2D eigenvalue weighted by atomic mass is 10.2. The third kappa shape index (κ3) is 3.84. The fraction of sp³-hybridized carbons (Fsp3) is 0.333. The van der Waals surface area contributed by atoms with Gasteiger partial charge in [0.05, 0.1) is 0 Å². The summed E-state index contributed by atoms with van der Waals surface area (Å²) in [6.07, 6.45) is 0. The smallest absolute Gasteiger partial charge is 0.136 e. The molecule has 1 heterocycles. The molecule has 0 atom stereocenters. The van der Waals surface area contributed by atoms with Gasteiger partial charge < -0.3 is 10.6 Å². The van der Waals surface area contributed by atoms with E-state index in [1.54, 1.807) is 0 Å². The van der Waals surface area contributed by atoms with Gasteiger partial charge in [0.1, 0.15) is 17.5 Å². The molecule has 0 fully saturated rings. The molecule has 20 heavy (non-hydrogen) atoms. The molecule has 0 aliphatic heterocycles. The van der Waals surface area contributed by atoms with Crippen LogP contribution in [0.2, 0.25) is 5.02 Å². The minimum Gasteiger partial charge on any atom is -0.368 e. The van der Waals surface area contributed by atoms with Crippen LogP contribution >= 0.6 is 11.6 Å². The molecular formula is C15H19ClN4. The summed E-state index contributed by atoms with van der Waals surface area (Å²) in [5, 5.41) is 7.27. The molecule has 0 aliphatic rings. The van der Waals surface area contributed by atoms with Crippen molar-refractivity contribution < 1.29 is 0 Å². The Hall–Kier alpha value is -1.81. The fourth-order valence-corrected chi connectivity index (χ4v) is 2.04. The Morgan fingerprint density at radius 3 is 2.45 bits per heavy atom. The highest BCUT2D eigenvalue weighted by Crippen LogP contribution is 2.24. The number of hydrogen-bond donors (Lipinski definition) is 2. The van der Waals surface area contributed by atoms with E-state index in [9.17, 15) is 0 Å². The predicted molar refractivity (Wildman–Crippen MR) is 85.0 cm³/mol. The van der Waals surface area contributed by atoms with Crippen LogP contribution in [0.5, 0.6) is 0 Å². The van der Waals surface area contributed by atoms with Gasteiger partial charge in [-0.05, 0) is 45.4 Å². The van der Waals surface area contributed by atoms with Gasteiger partial charge in [-0.1, -0.05) is 17.7 Å². The summed E-state index contributed by atoms with van der Waals surface area (Å²) >= 11 is 6.03. The van der Waals surface area contributed by atoms with Crippen LogP contribution in [0.15, 0.2) is 24.3 Å². The number of halogens is 1. The normalized spacial score (nSPS) is 10.7. The van der Waals surface area contributed by atoms with Crippen LogP contribution < -0.4 is 10.6 Å². The Balaban J connectivity index is 2.28. The molecule has 2 aromatic rings. The van der Waals surface area contributed by atoms with Crippen molar-refractivity contribution in [1.82, 2.24) is 9.97 Å². The minimum atomic E-state index is 0.324. The fourth-order valence-electron chi connectivity index (χ4n) is 1.87. The van der Waals surface area contributed by atoms with Crippen molar-refractivity contribution >= 4 is 28.9 Å². The van der Waals surface area contributed by atoms with E-state index in [4.69, 9.17) is 11.6 Å². The van der Waals surface area contributed by atoms with Gasteiger partial charge in [-0.2, -0.15) is 0 Å². The summed E-state index contributed by atoms with van der Waals surface area (Å²) in [5.41, 5.74) is 2.06. The van der Waals surface area contributed by atoms with Crippen LogP contribution in [0.4, 0.5) is 17.3 Å². The molecule has 0 saturated heterocycles. The largest absolute Gasteiger partial charge is 0.368 e. The number of aryl methyl sites for hydroxylation is 2. The molecular weight excluding hydrogens is 272 g/mol. The van der Waals surface area contributed by atoms with Crippen LogP contribution in [0.1, 0.15) is 25.2 Å². The lowest BCUT2D eigenvalue weighted by molar-refractivity contribution is 0.881. The Morgan fingerprint density at radius 1 is 1.05 bits per heavy atom. The maximum Gasteiger partial charge on any atom is 0.136 e. The molecule has 0 amide bonds. The van der Waals surface area contributed by atoms with Crippen LogP contribution in [0, 0.1) is 13.8 Å². The Morgan fingerprint density at radius 2 is 1.75 bits per heavy atom. The maximum absolute atomic E-state index is 6.03. The number of rotatable bonds is 4. The van der Waals surface area contributed by atoms with Crippen molar-refractivity contribution in [2.75, 3.05) is 10.6 Å². The summed E-state index contributed by atoms with van der Waals surface area (Å²) in [7, 11) is 0. The van der Waals surface area contributed by atoms with Gasteiger partial charge in [0.2, 0.25) is 0 Å². The maximum atomic E-state index is 6.03. The molecule has 0 bridgehead atoms. The molecule has 1 aromatic heterocycles. The standard InChI is InChI=1S/C15H19ClN4/c1-9(2)17-14-8-15(19-11(4)18-14)20-13-7-12(16)6-5-10(13)3/h5-9H,1-4H3,(H2,17,18,19,20). The number of hydrogen-bond acceptors (Lipinski definition) is 4. The second-order valence-corrected chi connectivity index (χ2v) is 5.51. The lowest BCUT2D eigenvalue weighted by Gasteiger charge is -2.13. The number of anilines is 3. The van der Waals surface area contributed by atoms with Crippen LogP contribution in [0.3, 0.4) is 0 Å². The van der Waals surface area contributed by atoms with Crippen LogP contribution in [-0.4, -0.2) is 16.0 Å². The van der Waals surface area contributed by atoms with Crippen molar-refractivity contribution in [3.63, 3.8) is 0 Å². The zero-order chi connectivity index (χ0) is 14.7. The predicted octanol–water partition coefficient (Wildman–Crippen LogP) is 4.31. The first-order chi connectivity index (χ1) is 9.44. The van der Waals surface area contributed by atoms with Gasteiger partial charge in [0, 0.05) is 22.8 Å². The van der Waals surface area contributed by atoms with Gasteiger partial charge >= 0.3 is 0 Å². The summed E-state index contributed by atoms with van der Waals surface area (Å²) < 4.78 is 0. The third-order valence-electron chi connectivity index (χ3n) is 2.74. The average Bonchev–Trinajstić information content (AvgIpc) is 2.32. The van der Waals surface area contributed by atoms with E-state index in [0.29, 0.717) is 11.1 Å². The first kappa shape index (κ1) is 14.6. The quantitative estimate of drug-likeness (QED) is 0.881. The zero-order valence-corrected chi connectivity index (χ0v) is 12.9. The van der Waals surface area contributed by atoms with Crippen LogP contribution in [0.25, 0.3) is 0 Å². The Bertz CT molecular complexity index is 611. The summed E-state index contributed by atoms with van der Waals surface area (Å²) in [4.78, 5) is 8.77. The molecule has 0 radical (unpaired) electrons. The van der Waals surface area contributed by atoms with E-state index < -0.39 is 0 Å². The lowest BCUT2D eigenvalue weighted by Crippen LogP contribution is -2.12. The number of benzene rings is 1. The monoisotopic (exact) mass is 290 g/mol. The van der Waals surface area contributed by atoms with E-state index >= 15 is 0 Å². The number of nitrogens with one attached hydrogen (secondary N) is 2. The van der Waals surface area contributed by atoms with Crippen molar-refractivity contribution in [2.24, 2.45) is 0 Å². The summed E-state index contributed by atoms with van der Waals surface area (Å²) in [5.74, 6) is 2.29. The average molecular weight is 291 g/mol. The highest BCUT2D eigenvalue weighted by atomic mass is 35.5. The minimum absolute atomic E-state index is 0.324. The Labute approximate surface area is 124 Å². The van der Waals surface area contributed by atoms with E-state index in [1.807, 2.05) is 38.1 Å². The van der Waals surface area contributed by atoms with Gasteiger partial charge in [0.15, 0.2) is 0 Å². The van der Waals surface area contributed by atoms with E-state index in [1.165, 1.54) is 0 Å². The van der Waals surface area contributed by atoms with Gasteiger partial charge in [0.25, 0.3) is 0 Å². The van der Waals surface area contributed by atoms with Gasteiger partial charge in [-0.25, -0.2) is 9.97 Å². The molecule has 1 aromatic carbocycles. The molecule has 0 spiro atoms. The molecule has 5 heteroatoms. The van der Waals surface area contributed by atoms with Crippen LogP contribution in [-0.2, 0) is 0 Å². The van der Waals surface area contributed by atoms with E-state index in [2.05, 4.69) is 34.4 Å². The van der Waals surface area contributed by atoms with Crippen molar-refractivity contribution in [2.45, 2.75) is 33.7 Å². The topological polar surface area (TPSA) is 49.8 Å². The molecule has 2 rings (SSSR count). The van der Waals surface area contributed by atoms with Gasteiger partial charge in [-0.15, -0.1) is 0 Å². The molecule has 0 aliphatic carbocycles. The number of nitrogens with zero attached hydrogens (tertiary/aromatic N) is 2. The first-order valence-electron chi connectivity index (χ1n) is 6.59. The van der Waals surface area contributed by atoms with Crippen molar-refractivity contribution in [3.8, 4) is 0 Å². The third-order valence-corrected chi connectivity index (χ3v) is 2.97. The second-order valence-electron chi connectivity index (χ2n) is 5.07. The van der Waals surface area contributed by atoms with Crippen molar-refractivity contribution in [1.29, 1.82) is 0 Å². The number of aromatic nitrogens is 2. The highest BCUT2D eigenvalue weighted by Gasteiger charge is 2.05. The summed E-state index contributed by atoms with van der Waals surface area (Å²) in [6, 6.07) is 7.97. The molecule has 0 unspecified atom stereocenters. The molecule has 4 nitrogen and oxygen atoms in total. The zero-order valence-electron chi connectivity index (χ0n) is 12.2. The molecule has 0 saturated carbocycles.